The van der Waals surface area contributed by atoms with Crippen molar-refractivity contribution in [3.8, 4) is 0 Å². The van der Waals surface area contributed by atoms with Crippen LogP contribution in [0.15, 0.2) is 121 Å². The van der Waals surface area contributed by atoms with Crippen molar-refractivity contribution in [3.63, 3.8) is 0 Å². The Morgan fingerprint density at radius 2 is 0.843 bits per heavy atom. The SMILES string of the molecule is NC(=O)C(c1ccccc1)(c1ccccc1)C1CCN(CCCCOCCCCN2CCC(C(C(N)=O)(c3ccccc3)c3ccccc3)C2)C1. The van der Waals surface area contributed by atoms with E-state index in [2.05, 4.69) is 9.80 Å². The number of amides is 2. The summed E-state index contributed by atoms with van der Waals surface area (Å²) in [6.07, 6.45) is 6.02. The third kappa shape index (κ3) is 7.81. The number of benzene rings is 4. The minimum absolute atomic E-state index is 0.117. The van der Waals surface area contributed by atoms with Crippen LogP contribution < -0.4 is 11.5 Å². The van der Waals surface area contributed by atoms with E-state index in [1.165, 1.54) is 0 Å². The summed E-state index contributed by atoms with van der Waals surface area (Å²) in [5.74, 6) is -0.317. The molecule has 0 radical (unpaired) electrons. The van der Waals surface area contributed by atoms with Crippen molar-refractivity contribution in [3.05, 3.63) is 144 Å². The van der Waals surface area contributed by atoms with Gasteiger partial charge in [-0.25, -0.2) is 0 Å². The highest BCUT2D eigenvalue weighted by Gasteiger charge is 2.50. The number of carbonyl (C=O) groups excluding carboxylic acids is 2. The number of rotatable bonds is 18. The Kier molecular flexibility index (Phi) is 12.4. The predicted molar refractivity (Wildman–Crippen MR) is 204 cm³/mol. The van der Waals surface area contributed by atoms with Gasteiger partial charge in [0.1, 0.15) is 10.8 Å². The van der Waals surface area contributed by atoms with Crippen LogP contribution in [0, 0.1) is 11.8 Å². The Balaban J connectivity index is 0.922. The number of hydrogen-bond acceptors (Lipinski definition) is 5. The lowest BCUT2D eigenvalue weighted by molar-refractivity contribution is -0.124. The molecule has 0 aliphatic carbocycles. The average molecular weight is 687 g/mol. The van der Waals surface area contributed by atoms with Crippen LogP contribution in [0.25, 0.3) is 0 Å². The number of primary amides is 2. The summed E-state index contributed by atoms with van der Waals surface area (Å²) in [6.45, 7) is 7.14. The molecule has 2 heterocycles. The first-order chi connectivity index (χ1) is 25.0. The highest BCUT2D eigenvalue weighted by molar-refractivity contribution is 5.92. The largest absolute Gasteiger partial charge is 0.381 e. The van der Waals surface area contributed by atoms with Crippen molar-refractivity contribution >= 4 is 11.8 Å². The molecule has 2 aliphatic heterocycles. The Labute approximate surface area is 304 Å². The predicted octanol–water partition coefficient (Wildman–Crippen LogP) is 6.15. The van der Waals surface area contributed by atoms with Gasteiger partial charge in [-0.05, 0) is 98.8 Å². The first-order valence-corrected chi connectivity index (χ1v) is 18.8. The highest BCUT2D eigenvalue weighted by atomic mass is 16.5. The van der Waals surface area contributed by atoms with Crippen molar-refractivity contribution in [1.29, 1.82) is 0 Å². The maximum atomic E-state index is 13.4. The lowest BCUT2D eigenvalue weighted by Crippen LogP contribution is -2.49. The maximum Gasteiger partial charge on any atom is 0.232 e. The highest BCUT2D eigenvalue weighted by Crippen LogP contribution is 2.45. The third-order valence-corrected chi connectivity index (χ3v) is 11.5. The van der Waals surface area contributed by atoms with E-state index in [0.717, 1.165) is 113 Å². The van der Waals surface area contributed by atoms with Gasteiger partial charge >= 0.3 is 0 Å². The molecule has 2 aliphatic rings. The third-order valence-electron chi connectivity index (χ3n) is 11.5. The second-order valence-corrected chi connectivity index (χ2v) is 14.4. The van der Waals surface area contributed by atoms with Crippen LogP contribution >= 0.6 is 0 Å². The Hall–Kier alpha value is -4.30. The molecule has 6 rings (SSSR count). The molecule has 0 aromatic heterocycles. The van der Waals surface area contributed by atoms with Gasteiger partial charge in [-0.1, -0.05) is 121 Å². The van der Waals surface area contributed by atoms with Gasteiger partial charge in [-0.3, -0.25) is 9.59 Å². The standard InChI is InChI=1S/C44H54N4O3/c45-41(49)43(35-17-5-1-6-18-35,36-19-7-2-8-20-36)39-25-29-47(33-39)27-13-15-31-51-32-16-14-28-48-30-26-40(34-48)44(42(46)50,37-21-9-3-10-22-37)38-23-11-4-12-24-38/h1-12,17-24,39-40H,13-16,25-34H2,(H2,45,49)(H2,46,50). The molecule has 2 fully saturated rings. The van der Waals surface area contributed by atoms with E-state index >= 15 is 0 Å². The summed E-state index contributed by atoms with van der Waals surface area (Å²) >= 11 is 0. The smallest absolute Gasteiger partial charge is 0.232 e. The zero-order chi connectivity index (χ0) is 35.5. The summed E-state index contributed by atoms with van der Waals surface area (Å²) in [5, 5.41) is 0. The number of nitrogens with zero attached hydrogens (tertiary/aromatic N) is 2. The fourth-order valence-corrected chi connectivity index (χ4v) is 9.01. The van der Waals surface area contributed by atoms with E-state index < -0.39 is 10.8 Å². The Bertz CT molecular complexity index is 1460. The number of unbranched alkanes of at least 4 members (excludes halogenated alkanes) is 2. The van der Waals surface area contributed by atoms with E-state index in [9.17, 15) is 9.59 Å². The molecule has 2 atom stereocenters. The molecule has 2 saturated heterocycles. The van der Waals surface area contributed by atoms with Gasteiger partial charge in [-0.15, -0.1) is 0 Å². The van der Waals surface area contributed by atoms with Gasteiger partial charge in [0.2, 0.25) is 11.8 Å². The van der Waals surface area contributed by atoms with Crippen molar-refractivity contribution in [2.45, 2.75) is 49.4 Å². The Morgan fingerprint density at radius 1 is 0.529 bits per heavy atom. The zero-order valence-corrected chi connectivity index (χ0v) is 29.9. The minimum Gasteiger partial charge on any atom is -0.381 e. The number of carbonyl (C=O) groups is 2. The molecule has 4 aromatic carbocycles. The number of nitrogens with two attached hydrogens (primary N) is 2. The van der Waals surface area contributed by atoms with Gasteiger partial charge in [0.15, 0.2) is 0 Å². The van der Waals surface area contributed by atoms with E-state index in [4.69, 9.17) is 16.2 Å². The van der Waals surface area contributed by atoms with E-state index in [0.29, 0.717) is 0 Å². The molecule has 7 nitrogen and oxygen atoms in total. The first-order valence-electron chi connectivity index (χ1n) is 18.8. The normalized spacial score (nSPS) is 18.6. The van der Waals surface area contributed by atoms with Crippen LogP contribution in [0.2, 0.25) is 0 Å². The first kappa shape index (κ1) is 36.5. The summed E-state index contributed by atoms with van der Waals surface area (Å²) in [6, 6.07) is 40.3. The molecular weight excluding hydrogens is 633 g/mol. The average Bonchev–Trinajstić information content (AvgIpc) is 3.84. The fraction of sp³-hybridized carbons (Fsp3) is 0.409. The summed E-state index contributed by atoms with van der Waals surface area (Å²) in [5.41, 5.74) is 14.8. The molecule has 7 heteroatoms. The summed E-state index contributed by atoms with van der Waals surface area (Å²) in [4.78, 5) is 31.7. The minimum atomic E-state index is -0.842. The molecule has 0 bridgehead atoms. The maximum absolute atomic E-state index is 13.4. The zero-order valence-electron chi connectivity index (χ0n) is 29.9. The quantitative estimate of drug-likeness (QED) is 0.122. The van der Waals surface area contributed by atoms with Gasteiger partial charge < -0.3 is 26.0 Å². The van der Waals surface area contributed by atoms with Crippen molar-refractivity contribution < 1.29 is 14.3 Å². The molecule has 51 heavy (non-hydrogen) atoms. The monoisotopic (exact) mass is 686 g/mol. The number of likely N-dealkylation sites (tertiary alicyclic amines) is 2. The molecule has 4 N–H and O–H groups in total. The number of hydrogen-bond donors (Lipinski definition) is 2. The lowest BCUT2D eigenvalue weighted by Gasteiger charge is -2.37. The molecule has 2 unspecified atom stereocenters. The number of ether oxygens (including phenoxy) is 1. The van der Waals surface area contributed by atoms with Crippen LogP contribution in [-0.4, -0.2) is 74.1 Å². The van der Waals surface area contributed by atoms with Crippen LogP contribution in [0.4, 0.5) is 0 Å². The van der Waals surface area contributed by atoms with Gasteiger partial charge in [0.05, 0.1) is 0 Å². The van der Waals surface area contributed by atoms with Crippen LogP contribution in [-0.2, 0) is 25.2 Å². The van der Waals surface area contributed by atoms with E-state index in [-0.39, 0.29) is 23.7 Å². The molecule has 4 aromatic rings. The van der Waals surface area contributed by atoms with Crippen molar-refractivity contribution in [2.75, 3.05) is 52.5 Å². The van der Waals surface area contributed by atoms with Crippen LogP contribution in [0.5, 0.6) is 0 Å². The summed E-state index contributed by atoms with van der Waals surface area (Å²) < 4.78 is 6.05. The fourth-order valence-electron chi connectivity index (χ4n) is 9.01. The molecule has 2 amide bonds. The lowest BCUT2D eigenvalue weighted by atomic mass is 9.64. The Morgan fingerprint density at radius 3 is 1.14 bits per heavy atom. The van der Waals surface area contributed by atoms with Crippen molar-refractivity contribution in [2.24, 2.45) is 23.3 Å². The van der Waals surface area contributed by atoms with Gasteiger partial charge in [-0.2, -0.15) is 0 Å². The molecule has 268 valence electrons. The van der Waals surface area contributed by atoms with E-state index in [1.54, 1.807) is 0 Å². The van der Waals surface area contributed by atoms with Crippen molar-refractivity contribution in [1.82, 2.24) is 9.80 Å². The topological polar surface area (TPSA) is 102 Å². The second kappa shape index (κ2) is 17.3. The van der Waals surface area contributed by atoms with Crippen LogP contribution in [0.1, 0.15) is 60.8 Å². The van der Waals surface area contributed by atoms with Crippen LogP contribution in [0.3, 0.4) is 0 Å². The molecule has 0 spiro atoms. The molecule has 0 saturated carbocycles. The van der Waals surface area contributed by atoms with Gasteiger partial charge in [0.25, 0.3) is 0 Å². The van der Waals surface area contributed by atoms with Gasteiger partial charge in [0, 0.05) is 26.3 Å². The summed E-state index contributed by atoms with van der Waals surface area (Å²) in [7, 11) is 0. The second-order valence-electron chi connectivity index (χ2n) is 14.4. The van der Waals surface area contributed by atoms with E-state index in [1.807, 2.05) is 121 Å². The molecular formula is C44H54N4O3.